The quantitative estimate of drug-likeness (QED) is 0.516. The number of alkyl halides is 3. The van der Waals surface area contributed by atoms with E-state index >= 15 is 0 Å². The number of ether oxygens (including phenoxy) is 1. The Hall–Kier alpha value is -3.74. The van der Waals surface area contributed by atoms with Crippen LogP contribution in [0, 0.1) is 0 Å². The van der Waals surface area contributed by atoms with Gasteiger partial charge in [0.25, 0.3) is 0 Å². The molecule has 0 saturated carbocycles. The van der Waals surface area contributed by atoms with Crippen LogP contribution >= 0.6 is 0 Å². The summed E-state index contributed by atoms with van der Waals surface area (Å²) in [5, 5.41) is 12.0. The fourth-order valence-electron chi connectivity index (χ4n) is 3.88. The summed E-state index contributed by atoms with van der Waals surface area (Å²) in [5.41, 5.74) is 3.69. The van der Waals surface area contributed by atoms with E-state index in [0.29, 0.717) is 6.07 Å². The van der Waals surface area contributed by atoms with Crippen molar-refractivity contribution in [1.29, 1.82) is 0 Å². The van der Waals surface area contributed by atoms with E-state index in [4.69, 9.17) is 4.74 Å². The minimum atomic E-state index is -4.55. The van der Waals surface area contributed by atoms with E-state index in [0.717, 1.165) is 28.3 Å². The highest BCUT2D eigenvalue weighted by Gasteiger charge is 2.31. The molecule has 1 aliphatic rings. The van der Waals surface area contributed by atoms with Crippen LogP contribution in [0.4, 0.5) is 18.0 Å². The van der Waals surface area contributed by atoms with Crippen molar-refractivity contribution in [3.05, 3.63) is 95.1 Å². The van der Waals surface area contributed by atoms with Crippen molar-refractivity contribution in [3.63, 3.8) is 0 Å². The van der Waals surface area contributed by atoms with Gasteiger partial charge in [-0.05, 0) is 46.0 Å². The van der Waals surface area contributed by atoms with E-state index in [1.165, 1.54) is 18.2 Å². The second kappa shape index (κ2) is 8.78. The Morgan fingerprint density at radius 1 is 1.00 bits per heavy atom. The lowest BCUT2D eigenvalue weighted by Gasteiger charge is -2.14. The summed E-state index contributed by atoms with van der Waals surface area (Å²) >= 11 is 0. The Kier molecular flexibility index (Phi) is 5.90. The summed E-state index contributed by atoms with van der Waals surface area (Å²) in [7, 11) is 0. The Bertz CT molecular complexity index is 1130. The molecule has 0 unspecified atom stereocenters. The molecule has 0 heterocycles. The van der Waals surface area contributed by atoms with Crippen molar-refractivity contribution >= 4 is 12.2 Å². The minimum absolute atomic E-state index is 0.0585. The van der Waals surface area contributed by atoms with Crippen molar-refractivity contribution in [3.8, 4) is 16.9 Å². The zero-order chi connectivity index (χ0) is 22.7. The third-order valence-electron chi connectivity index (χ3n) is 5.29. The number of carbonyl (C=O) groups is 1. The monoisotopic (exact) mass is 439 g/mol. The largest absolute Gasteiger partial charge is 0.508 e. The molecule has 3 aromatic carbocycles. The average Bonchev–Trinajstić information content (AvgIpc) is 3.08. The van der Waals surface area contributed by atoms with Gasteiger partial charge in [-0.25, -0.2) is 4.79 Å². The summed E-state index contributed by atoms with van der Waals surface area (Å²) in [6, 6.07) is 18.8. The van der Waals surface area contributed by atoms with Gasteiger partial charge in [0, 0.05) is 12.5 Å². The number of aromatic hydroxyl groups is 1. The standard InChI is InChI=1S/C25H20F3NO3/c26-25(27,28)17-12-16(13-18(30)14-17)6-5-11-29-24(31)32-15-23-21-9-3-1-7-19(21)20-8-2-4-10-22(20)23/h1-10,12-14,23,30H,11,15H2,(H,29,31). The summed E-state index contributed by atoms with van der Waals surface area (Å²) in [5.74, 6) is -0.541. The van der Waals surface area contributed by atoms with Crippen molar-refractivity contribution in [2.45, 2.75) is 12.1 Å². The highest BCUT2D eigenvalue weighted by atomic mass is 19.4. The molecule has 164 valence electrons. The van der Waals surface area contributed by atoms with Crippen molar-refractivity contribution in [2.75, 3.05) is 13.2 Å². The zero-order valence-electron chi connectivity index (χ0n) is 16.9. The number of hydrogen-bond acceptors (Lipinski definition) is 3. The van der Waals surface area contributed by atoms with Gasteiger partial charge in [-0.15, -0.1) is 0 Å². The van der Waals surface area contributed by atoms with Gasteiger partial charge in [0.15, 0.2) is 0 Å². The first-order chi connectivity index (χ1) is 15.3. The molecule has 4 rings (SSSR count). The molecule has 0 fully saturated rings. The second-order valence-corrected chi connectivity index (χ2v) is 7.42. The number of benzene rings is 3. The van der Waals surface area contributed by atoms with Crippen LogP contribution in [0.3, 0.4) is 0 Å². The molecular weight excluding hydrogens is 419 g/mol. The maximum atomic E-state index is 12.8. The minimum Gasteiger partial charge on any atom is -0.508 e. The Labute approximate surface area is 183 Å². The van der Waals surface area contributed by atoms with Crippen LogP contribution in [-0.2, 0) is 10.9 Å². The third-order valence-corrected chi connectivity index (χ3v) is 5.29. The predicted octanol–water partition coefficient (Wildman–Crippen LogP) is 5.96. The van der Waals surface area contributed by atoms with E-state index in [2.05, 4.69) is 5.32 Å². The number of fused-ring (bicyclic) bond motifs is 3. The number of halogens is 3. The molecule has 1 amide bonds. The van der Waals surface area contributed by atoms with Crippen LogP contribution in [0.2, 0.25) is 0 Å². The maximum Gasteiger partial charge on any atom is 0.416 e. The lowest BCUT2D eigenvalue weighted by molar-refractivity contribution is -0.137. The van der Waals surface area contributed by atoms with E-state index in [9.17, 15) is 23.1 Å². The van der Waals surface area contributed by atoms with Gasteiger partial charge in [-0.3, -0.25) is 0 Å². The van der Waals surface area contributed by atoms with E-state index < -0.39 is 23.6 Å². The van der Waals surface area contributed by atoms with Crippen LogP contribution in [0.5, 0.6) is 5.75 Å². The molecule has 7 heteroatoms. The van der Waals surface area contributed by atoms with Crippen molar-refractivity contribution < 1.29 is 27.8 Å². The van der Waals surface area contributed by atoms with Crippen LogP contribution < -0.4 is 5.32 Å². The van der Waals surface area contributed by atoms with Gasteiger partial charge >= 0.3 is 12.3 Å². The van der Waals surface area contributed by atoms with Gasteiger partial charge in [0.2, 0.25) is 0 Å². The number of amides is 1. The van der Waals surface area contributed by atoms with Crippen molar-refractivity contribution in [2.24, 2.45) is 0 Å². The molecule has 0 aromatic heterocycles. The fourth-order valence-corrected chi connectivity index (χ4v) is 3.88. The SMILES string of the molecule is O=C(NCC=Cc1cc(O)cc(C(F)(F)F)c1)OCC1c2ccccc2-c2ccccc21. The zero-order valence-corrected chi connectivity index (χ0v) is 16.9. The lowest BCUT2D eigenvalue weighted by Crippen LogP contribution is -2.26. The molecule has 0 saturated heterocycles. The van der Waals surface area contributed by atoms with Gasteiger partial charge in [0.05, 0.1) is 5.56 Å². The van der Waals surface area contributed by atoms with Crippen LogP contribution in [0.1, 0.15) is 28.2 Å². The molecule has 2 N–H and O–H groups in total. The molecular formula is C25H20F3NO3. The molecule has 0 aliphatic heterocycles. The third kappa shape index (κ3) is 4.61. The van der Waals surface area contributed by atoms with E-state index in [-0.39, 0.29) is 24.6 Å². The lowest BCUT2D eigenvalue weighted by atomic mass is 9.98. The van der Waals surface area contributed by atoms with Gasteiger partial charge in [-0.1, -0.05) is 60.7 Å². The molecule has 0 atom stereocenters. The molecule has 32 heavy (non-hydrogen) atoms. The number of hydrogen-bond donors (Lipinski definition) is 2. The number of carbonyl (C=O) groups excluding carboxylic acids is 1. The van der Waals surface area contributed by atoms with Crippen LogP contribution in [0.15, 0.2) is 72.8 Å². The molecule has 0 spiro atoms. The van der Waals surface area contributed by atoms with Gasteiger partial charge in [0.1, 0.15) is 12.4 Å². The Balaban J connectivity index is 1.34. The highest BCUT2D eigenvalue weighted by molar-refractivity contribution is 5.79. The Morgan fingerprint density at radius 3 is 2.25 bits per heavy atom. The van der Waals surface area contributed by atoms with Crippen molar-refractivity contribution in [1.82, 2.24) is 5.32 Å². The van der Waals surface area contributed by atoms with Gasteiger partial charge in [-0.2, -0.15) is 13.2 Å². The second-order valence-electron chi connectivity index (χ2n) is 7.42. The Morgan fingerprint density at radius 2 is 1.62 bits per heavy atom. The number of rotatable bonds is 5. The molecule has 0 radical (unpaired) electrons. The van der Waals surface area contributed by atoms with E-state index in [1.807, 2.05) is 48.5 Å². The first-order valence-corrected chi connectivity index (χ1v) is 9.99. The molecule has 1 aliphatic carbocycles. The highest BCUT2D eigenvalue weighted by Crippen LogP contribution is 2.44. The van der Waals surface area contributed by atoms with Gasteiger partial charge < -0.3 is 15.2 Å². The predicted molar refractivity (Wildman–Crippen MR) is 115 cm³/mol. The summed E-state index contributed by atoms with van der Waals surface area (Å²) in [6.45, 7) is 0.235. The summed E-state index contributed by atoms with van der Waals surface area (Å²) < 4.78 is 43.9. The number of phenolic OH excluding ortho intramolecular Hbond substituents is 1. The normalized spacial score (nSPS) is 13.1. The number of alkyl carbamates (subject to hydrolysis) is 1. The maximum absolute atomic E-state index is 12.8. The molecule has 3 aromatic rings. The van der Waals surface area contributed by atoms with Crippen LogP contribution in [-0.4, -0.2) is 24.4 Å². The average molecular weight is 439 g/mol. The first-order valence-electron chi connectivity index (χ1n) is 9.99. The smallest absolute Gasteiger partial charge is 0.416 e. The molecule has 4 nitrogen and oxygen atoms in total. The van der Waals surface area contributed by atoms with Crippen LogP contribution in [0.25, 0.3) is 17.2 Å². The fraction of sp³-hybridized carbons (Fsp3) is 0.160. The molecule has 0 bridgehead atoms. The summed E-state index contributed by atoms with van der Waals surface area (Å²) in [6.07, 6.45) is -2.31. The first kappa shape index (κ1) is 21.5. The van der Waals surface area contributed by atoms with E-state index in [1.54, 1.807) is 0 Å². The summed E-state index contributed by atoms with van der Waals surface area (Å²) in [4.78, 5) is 12.1. The number of phenols is 1. The topological polar surface area (TPSA) is 58.6 Å². The number of nitrogens with one attached hydrogen (secondary N) is 1.